The van der Waals surface area contributed by atoms with Gasteiger partial charge in [0.1, 0.15) is 0 Å². The first-order valence-corrected chi connectivity index (χ1v) is 8.30. The first kappa shape index (κ1) is 16.9. The van der Waals surface area contributed by atoms with Gasteiger partial charge in [-0.2, -0.15) is 0 Å². The van der Waals surface area contributed by atoms with Crippen LogP contribution in [0.15, 0.2) is 77.5 Å². The standard InChI is InChI=1S/C19H14BrN3O2/c20-17-6-2-1-5-16(17)19(25)23-15-9-7-14(8-10-15)22-18(24)13-4-3-11-21-12-13/h1-12H,(H,22,24)(H,23,25). The normalized spacial score (nSPS) is 10.1. The second-order valence-electron chi connectivity index (χ2n) is 5.21. The maximum atomic E-state index is 12.3. The van der Waals surface area contributed by atoms with E-state index in [9.17, 15) is 9.59 Å². The van der Waals surface area contributed by atoms with E-state index in [0.717, 1.165) is 4.47 Å². The predicted molar refractivity (Wildman–Crippen MR) is 101 cm³/mol. The largest absolute Gasteiger partial charge is 0.322 e. The number of rotatable bonds is 4. The molecule has 0 atom stereocenters. The molecule has 0 saturated heterocycles. The van der Waals surface area contributed by atoms with Gasteiger partial charge >= 0.3 is 0 Å². The Labute approximate surface area is 153 Å². The first-order valence-electron chi connectivity index (χ1n) is 7.51. The molecule has 3 aromatic rings. The number of nitrogens with one attached hydrogen (secondary N) is 2. The summed E-state index contributed by atoms with van der Waals surface area (Å²) in [6.07, 6.45) is 3.11. The van der Waals surface area contributed by atoms with E-state index in [2.05, 4.69) is 31.5 Å². The topological polar surface area (TPSA) is 71.1 Å². The second kappa shape index (κ2) is 7.72. The van der Waals surface area contributed by atoms with Crippen molar-refractivity contribution >= 4 is 39.1 Å². The number of carbonyl (C=O) groups is 2. The minimum atomic E-state index is -0.238. The lowest BCUT2D eigenvalue weighted by molar-refractivity contribution is 0.101. The van der Waals surface area contributed by atoms with Gasteiger partial charge in [0.15, 0.2) is 0 Å². The summed E-state index contributed by atoms with van der Waals surface area (Å²) in [7, 11) is 0. The van der Waals surface area contributed by atoms with Crippen LogP contribution in [0.2, 0.25) is 0 Å². The first-order chi connectivity index (χ1) is 12.1. The van der Waals surface area contributed by atoms with Gasteiger partial charge in [-0.15, -0.1) is 0 Å². The Kier molecular flexibility index (Phi) is 5.20. The highest BCUT2D eigenvalue weighted by atomic mass is 79.9. The summed E-state index contributed by atoms with van der Waals surface area (Å²) in [5, 5.41) is 5.60. The van der Waals surface area contributed by atoms with Gasteiger partial charge in [-0.1, -0.05) is 12.1 Å². The Bertz CT molecular complexity index is 896. The van der Waals surface area contributed by atoms with Crippen molar-refractivity contribution in [3.8, 4) is 0 Å². The molecule has 0 aliphatic heterocycles. The van der Waals surface area contributed by atoms with Gasteiger partial charge in [0.2, 0.25) is 0 Å². The molecule has 0 aliphatic carbocycles. The van der Waals surface area contributed by atoms with Crippen molar-refractivity contribution in [3.63, 3.8) is 0 Å². The van der Waals surface area contributed by atoms with Crippen LogP contribution in [0.1, 0.15) is 20.7 Å². The van der Waals surface area contributed by atoms with E-state index in [1.165, 1.54) is 6.20 Å². The van der Waals surface area contributed by atoms with Crippen LogP contribution in [0.25, 0.3) is 0 Å². The lowest BCUT2D eigenvalue weighted by atomic mass is 10.2. The Hall–Kier alpha value is -2.99. The second-order valence-corrected chi connectivity index (χ2v) is 6.06. The third kappa shape index (κ3) is 4.30. The summed E-state index contributed by atoms with van der Waals surface area (Å²) in [5.74, 6) is -0.447. The summed E-state index contributed by atoms with van der Waals surface area (Å²) in [6.45, 7) is 0. The molecular formula is C19H14BrN3O2. The average molecular weight is 396 g/mol. The number of aromatic nitrogens is 1. The van der Waals surface area contributed by atoms with Crippen LogP contribution >= 0.6 is 15.9 Å². The fraction of sp³-hybridized carbons (Fsp3) is 0. The van der Waals surface area contributed by atoms with Crippen LogP contribution in [-0.2, 0) is 0 Å². The lowest BCUT2D eigenvalue weighted by Gasteiger charge is -2.09. The van der Waals surface area contributed by atoms with E-state index in [1.54, 1.807) is 54.7 Å². The smallest absolute Gasteiger partial charge is 0.257 e. The number of carbonyl (C=O) groups excluding carboxylic acids is 2. The third-order valence-electron chi connectivity index (χ3n) is 3.44. The van der Waals surface area contributed by atoms with Crippen LogP contribution in [-0.4, -0.2) is 16.8 Å². The van der Waals surface area contributed by atoms with Gasteiger partial charge in [-0.25, -0.2) is 0 Å². The molecule has 0 saturated carbocycles. The zero-order chi connectivity index (χ0) is 17.6. The number of hydrogen-bond acceptors (Lipinski definition) is 3. The van der Waals surface area contributed by atoms with Crippen LogP contribution in [0.3, 0.4) is 0 Å². The van der Waals surface area contributed by atoms with Gasteiger partial charge in [0, 0.05) is 28.2 Å². The van der Waals surface area contributed by atoms with Gasteiger partial charge in [-0.05, 0) is 64.5 Å². The Morgan fingerprint density at radius 1 is 0.800 bits per heavy atom. The number of nitrogens with zero attached hydrogens (tertiary/aromatic N) is 1. The zero-order valence-electron chi connectivity index (χ0n) is 13.1. The molecule has 2 N–H and O–H groups in total. The molecular weight excluding hydrogens is 382 g/mol. The van der Waals surface area contributed by atoms with E-state index in [-0.39, 0.29) is 11.8 Å². The summed E-state index contributed by atoms with van der Waals surface area (Å²) in [6, 6.07) is 17.5. The van der Waals surface area contributed by atoms with E-state index < -0.39 is 0 Å². The van der Waals surface area contributed by atoms with Gasteiger partial charge in [-0.3, -0.25) is 14.6 Å². The highest BCUT2D eigenvalue weighted by Gasteiger charge is 2.10. The zero-order valence-corrected chi connectivity index (χ0v) is 14.7. The van der Waals surface area contributed by atoms with E-state index in [1.807, 2.05) is 12.1 Å². The molecule has 1 heterocycles. The van der Waals surface area contributed by atoms with Gasteiger partial charge in [0.05, 0.1) is 11.1 Å². The SMILES string of the molecule is O=C(Nc1ccc(NC(=O)c2ccccc2Br)cc1)c1cccnc1. The van der Waals surface area contributed by atoms with Crippen molar-refractivity contribution in [2.45, 2.75) is 0 Å². The lowest BCUT2D eigenvalue weighted by Crippen LogP contribution is -2.13. The average Bonchev–Trinajstić information content (AvgIpc) is 2.64. The maximum Gasteiger partial charge on any atom is 0.257 e. The van der Waals surface area contributed by atoms with Crippen LogP contribution in [0.4, 0.5) is 11.4 Å². The number of halogens is 1. The van der Waals surface area contributed by atoms with Gasteiger partial charge < -0.3 is 10.6 Å². The number of pyridine rings is 1. The highest BCUT2D eigenvalue weighted by molar-refractivity contribution is 9.10. The number of benzene rings is 2. The molecule has 0 aliphatic rings. The van der Waals surface area contributed by atoms with Crippen molar-refractivity contribution < 1.29 is 9.59 Å². The van der Waals surface area contributed by atoms with Crippen molar-refractivity contribution in [1.29, 1.82) is 0 Å². The predicted octanol–water partition coefficient (Wildman–Crippen LogP) is 4.35. The van der Waals surface area contributed by atoms with Crippen LogP contribution < -0.4 is 10.6 Å². The van der Waals surface area contributed by atoms with Crippen LogP contribution in [0.5, 0.6) is 0 Å². The highest BCUT2D eigenvalue weighted by Crippen LogP contribution is 2.19. The molecule has 5 nitrogen and oxygen atoms in total. The molecule has 0 radical (unpaired) electrons. The fourth-order valence-electron chi connectivity index (χ4n) is 2.18. The van der Waals surface area contributed by atoms with Gasteiger partial charge in [0.25, 0.3) is 11.8 Å². The molecule has 124 valence electrons. The molecule has 3 rings (SSSR count). The van der Waals surface area contributed by atoms with Crippen molar-refractivity contribution in [2.24, 2.45) is 0 Å². The molecule has 2 amide bonds. The van der Waals surface area contributed by atoms with Crippen molar-refractivity contribution in [2.75, 3.05) is 10.6 Å². The van der Waals surface area contributed by atoms with E-state index in [4.69, 9.17) is 0 Å². The summed E-state index contributed by atoms with van der Waals surface area (Å²) in [4.78, 5) is 28.3. The monoisotopic (exact) mass is 395 g/mol. The van der Waals surface area contributed by atoms with E-state index >= 15 is 0 Å². The fourth-order valence-corrected chi connectivity index (χ4v) is 2.65. The third-order valence-corrected chi connectivity index (χ3v) is 4.13. The van der Waals surface area contributed by atoms with Crippen molar-refractivity contribution in [1.82, 2.24) is 4.98 Å². The Balaban J connectivity index is 1.65. The van der Waals surface area contributed by atoms with E-state index in [0.29, 0.717) is 22.5 Å². The molecule has 0 spiro atoms. The molecule has 2 aromatic carbocycles. The van der Waals surface area contributed by atoms with Crippen molar-refractivity contribution in [3.05, 3.63) is 88.7 Å². The molecule has 1 aromatic heterocycles. The summed E-state index contributed by atoms with van der Waals surface area (Å²) in [5.41, 5.74) is 2.30. The Morgan fingerprint density at radius 3 is 2.04 bits per heavy atom. The molecule has 25 heavy (non-hydrogen) atoms. The quantitative estimate of drug-likeness (QED) is 0.689. The summed E-state index contributed by atoms with van der Waals surface area (Å²) >= 11 is 3.36. The molecule has 0 bridgehead atoms. The summed E-state index contributed by atoms with van der Waals surface area (Å²) < 4.78 is 0.729. The van der Waals surface area contributed by atoms with Crippen LogP contribution in [0, 0.1) is 0 Å². The minimum absolute atomic E-state index is 0.209. The molecule has 0 unspecified atom stereocenters. The molecule has 6 heteroatoms. The minimum Gasteiger partial charge on any atom is -0.322 e. The molecule has 0 fully saturated rings. The maximum absolute atomic E-state index is 12.3. The Morgan fingerprint density at radius 2 is 1.44 bits per heavy atom. The number of amides is 2. The number of hydrogen-bond donors (Lipinski definition) is 2. The number of anilines is 2.